The van der Waals surface area contributed by atoms with E-state index in [9.17, 15) is 19.2 Å². The molecule has 8 nitrogen and oxygen atoms in total. The third-order valence-corrected chi connectivity index (χ3v) is 3.89. The molecule has 0 spiro atoms. The summed E-state index contributed by atoms with van der Waals surface area (Å²) in [7, 11) is 0. The first kappa shape index (κ1) is 19.7. The predicted molar refractivity (Wildman–Crippen MR) is 101 cm³/mol. The zero-order chi connectivity index (χ0) is 21.0. The van der Waals surface area contributed by atoms with Gasteiger partial charge in [-0.2, -0.15) is 0 Å². The number of rotatable bonds is 6. The molecule has 1 aliphatic rings. The lowest BCUT2D eigenvalue weighted by molar-refractivity contribution is -0.130. The van der Waals surface area contributed by atoms with E-state index in [1.54, 1.807) is 0 Å². The summed E-state index contributed by atoms with van der Waals surface area (Å²) in [6.45, 7) is 2.85. The van der Waals surface area contributed by atoms with Crippen molar-refractivity contribution in [2.24, 2.45) is 0 Å². The van der Waals surface area contributed by atoms with Gasteiger partial charge in [0.05, 0.1) is 23.4 Å². The maximum atomic E-state index is 12.3. The first-order valence-electron chi connectivity index (χ1n) is 8.38. The van der Waals surface area contributed by atoms with Crippen molar-refractivity contribution < 1.29 is 33.8 Å². The Morgan fingerprint density at radius 2 is 1.38 bits per heavy atom. The SMILES string of the molecule is C=C(CO)C(=O)Oc1ccc(OC(=O)c2ccc(N3C(=O)C=CC3=O)cc2)cc1. The Morgan fingerprint density at radius 3 is 1.90 bits per heavy atom. The number of benzene rings is 2. The minimum atomic E-state index is -0.762. The van der Waals surface area contributed by atoms with Crippen LogP contribution < -0.4 is 14.4 Å². The van der Waals surface area contributed by atoms with Gasteiger partial charge in [0, 0.05) is 12.2 Å². The van der Waals surface area contributed by atoms with Crippen molar-refractivity contribution in [3.8, 4) is 11.5 Å². The molecule has 0 saturated heterocycles. The fraction of sp³-hybridized carbons (Fsp3) is 0.0476. The largest absolute Gasteiger partial charge is 0.423 e. The van der Waals surface area contributed by atoms with Gasteiger partial charge in [-0.15, -0.1) is 0 Å². The average Bonchev–Trinajstić information content (AvgIpc) is 3.07. The van der Waals surface area contributed by atoms with Crippen LogP contribution in [0.25, 0.3) is 0 Å². The van der Waals surface area contributed by atoms with E-state index >= 15 is 0 Å². The van der Waals surface area contributed by atoms with E-state index in [0.717, 1.165) is 4.90 Å². The Hall–Kier alpha value is -4.04. The second-order valence-corrected chi connectivity index (χ2v) is 5.90. The molecule has 2 amide bonds. The van der Waals surface area contributed by atoms with Crippen molar-refractivity contribution in [3.63, 3.8) is 0 Å². The Labute approximate surface area is 165 Å². The van der Waals surface area contributed by atoms with Gasteiger partial charge >= 0.3 is 11.9 Å². The summed E-state index contributed by atoms with van der Waals surface area (Å²) < 4.78 is 10.2. The Kier molecular flexibility index (Phi) is 5.66. The normalized spacial score (nSPS) is 12.8. The highest BCUT2D eigenvalue weighted by atomic mass is 16.5. The van der Waals surface area contributed by atoms with Crippen molar-refractivity contribution >= 4 is 29.4 Å². The summed E-state index contributed by atoms with van der Waals surface area (Å²) in [6.07, 6.45) is 2.34. The molecule has 2 aromatic rings. The van der Waals surface area contributed by atoms with E-state index in [2.05, 4.69) is 6.58 Å². The number of amides is 2. The molecule has 3 rings (SSSR count). The van der Waals surface area contributed by atoms with E-state index in [4.69, 9.17) is 14.6 Å². The fourth-order valence-electron chi connectivity index (χ4n) is 2.39. The summed E-state index contributed by atoms with van der Waals surface area (Å²) in [5, 5.41) is 8.84. The van der Waals surface area contributed by atoms with Crippen molar-refractivity contribution in [1.82, 2.24) is 0 Å². The lowest BCUT2D eigenvalue weighted by atomic mass is 10.2. The molecule has 146 valence electrons. The fourth-order valence-corrected chi connectivity index (χ4v) is 2.39. The van der Waals surface area contributed by atoms with Crippen LogP contribution in [0.3, 0.4) is 0 Å². The molecule has 1 heterocycles. The lowest BCUT2D eigenvalue weighted by Crippen LogP contribution is -2.29. The Balaban J connectivity index is 1.63. The van der Waals surface area contributed by atoms with Crippen LogP contribution in [0.5, 0.6) is 11.5 Å². The number of carbonyl (C=O) groups is 4. The van der Waals surface area contributed by atoms with Crippen LogP contribution in [-0.4, -0.2) is 35.5 Å². The summed E-state index contributed by atoms with van der Waals surface area (Å²) in [6, 6.07) is 11.5. The van der Waals surface area contributed by atoms with E-state index in [1.165, 1.54) is 60.7 Å². The van der Waals surface area contributed by atoms with Gasteiger partial charge in [0.2, 0.25) is 0 Å². The zero-order valence-corrected chi connectivity index (χ0v) is 15.0. The second-order valence-electron chi connectivity index (χ2n) is 5.90. The molecule has 0 radical (unpaired) electrons. The summed E-state index contributed by atoms with van der Waals surface area (Å²) >= 11 is 0. The standard InChI is InChI=1S/C21H15NO7/c1-13(12-23)20(26)28-16-6-8-17(9-7-16)29-21(27)14-2-4-15(5-3-14)22-18(24)10-11-19(22)25/h2-11,23H,1,12H2. The highest BCUT2D eigenvalue weighted by molar-refractivity contribution is 6.28. The molecule has 1 N–H and O–H groups in total. The van der Waals surface area contributed by atoms with Crippen LogP contribution in [-0.2, 0) is 14.4 Å². The first-order chi connectivity index (χ1) is 13.9. The quantitative estimate of drug-likeness (QED) is 0.345. The predicted octanol–water partition coefficient (Wildman–Crippen LogP) is 1.79. The molecule has 0 aliphatic carbocycles. The number of aliphatic hydroxyl groups excluding tert-OH is 1. The Morgan fingerprint density at radius 1 is 0.862 bits per heavy atom. The average molecular weight is 393 g/mol. The maximum absolute atomic E-state index is 12.3. The van der Waals surface area contributed by atoms with Crippen molar-refractivity contribution in [3.05, 3.63) is 78.4 Å². The topological polar surface area (TPSA) is 110 Å². The molecule has 0 fully saturated rings. The van der Waals surface area contributed by atoms with Gasteiger partial charge in [-0.05, 0) is 48.5 Å². The number of carbonyl (C=O) groups excluding carboxylic acids is 4. The van der Waals surface area contributed by atoms with Crippen LogP contribution >= 0.6 is 0 Å². The van der Waals surface area contributed by atoms with Gasteiger partial charge in [0.1, 0.15) is 11.5 Å². The van der Waals surface area contributed by atoms with Gasteiger partial charge in [0.25, 0.3) is 11.8 Å². The van der Waals surface area contributed by atoms with Crippen LogP contribution in [0.4, 0.5) is 5.69 Å². The van der Waals surface area contributed by atoms with Gasteiger partial charge < -0.3 is 14.6 Å². The number of ether oxygens (including phenoxy) is 2. The number of esters is 2. The first-order valence-corrected chi connectivity index (χ1v) is 8.38. The van der Waals surface area contributed by atoms with Crippen LogP contribution in [0, 0.1) is 0 Å². The molecule has 0 aromatic heterocycles. The highest BCUT2D eigenvalue weighted by Gasteiger charge is 2.25. The third-order valence-electron chi connectivity index (χ3n) is 3.89. The smallest absolute Gasteiger partial charge is 0.343 e. The highest BCUT2D eigenvalue weighted by Crippen LogP contribution is 2.22. The molecular formula is C21H15NO7. The number of imide groups is 1. The molecule has 1 aliphatic heterocycles. The van der Waals surface area contributed by atoms with E-state index < -0.39 is 30.4 Å². The minimum absolute atomic E-state index is 0.0861. The molecule has 0 bridgehead atoms. The monoisotopic (exact) mass is 393 g/mol. The second kappa shape index (κ2) is 8.32. The molecule has 2 aromatic carbocycles. The molecule has 0 saturated carbocycles. The van der Waals surface area contributed by atoms with Crippen molar-refractivity contribution in [2.45, 2.75) is 0 Å². The van der Waals surface area contributed by atoms with Gasteiger partial charge in [0.15, 0.2) is 0 Å². The van der Waals surface area contributed by atoms with Gasteiger partial charge in [-0.25, -0.2) is 14.5 Å². The van der Waals surface area contributed by atoms with E-state index in [1.807, 2.05) is 0 Å². The molecule has 0 unspecified atom stereocenters. The van der Waals surface area contributed by atoms with Crippen LogP contribution in [0.15, 0.2) is 72.8 Å². The number of nitrogens with zero attached hydrogens (tertiary/aromatic N) is 1. The zero-order valence-electron chi connectivity index (χ0n) is 15.0. The van der Waals surface area contributed by atoms with E-state index in [-0.39, 0.29) is 22.6 Å². The van der Waals surface area contributed by atoms with Crippen molar-refractivity contribution in [2.75, 3.05) is 11.5 Å². The number of hydrogen-bond donors (Lipinski definition) is 1. The summed E-state index contributed by atoms with van der Waals surface area (Å²) in [5.74, 6) is -1.90. The summed E-state index contributed by atoms with van der Waals surface area (Å²) in [4.78, 5) is 48.1. The third kappa shape index (κ3) is 4.45. The van der Waals surface area contributed by atoms with Gasteiger partial charge in [-0.3, -0.25) is 9.59 Å². The maximum Gasteiger partial charge on any atom is 0.343 e. The molecule has 8 heteroatoms. The van der Waals surface area contributed by atoms with E-state index in [0.29, 0.717) is 5.69 Å². The summed E-state index contributed by atoms with van der Waals surface area (Å²) in [5.41, 5.74) is 0.477. The molecular weight excluding hydrogens is 378 g/mol. The van der Waals surface area contributed by atoms with Crippen LogP contribution in [0.2, 0.25) is 0 Å². The Bertz CT molecular complexity index is 1000. The van der Waals surface area contributed by atoms with Crippen molar-refractivity contribution in [1.29, 1.82) is 0 Å². The van der Waals surface area contributed by atoms with Gasteiger partial charge in [-0.1, -0.05) is 6.58 Å². The molecule has 0 atom stereocenters. The number of hydrogen-bond acceptors (Lipinski definition) is 7. The number of anilines is 1. The number of aliphatic hydroxyl groups is 1. The minimum Gasteiger partial charge on any atom is -0.423 e. The lowest BCUT2D eigenvalue weighted by Gasteiger charge is -2.14. The van der Waals surface area contributed by atoms with Crippen LogP contribution in [0.1, 0.15) is 10.4 Å². The molecule has 29 heavy (non-hydrogen) atoms.